The fourth-order valence-corrected chi connectivity index (χ4v) is 3.95. The maximum Gasteiger partial charge on any atom is 0.295 e. The fourth-order valence-electron chi connectivity index (χ4n) is 3.95. The lowest BCUT2D eigenvalue weighted by Gasteiger charge is -2.26. The number of nitrogens with zero attached hydrogens (tertiary/aromatic N) is 1. The molecule has 1 aliphatic rings. The van der Waals surface area contributed by atoms with Crippen molar-refractivity contribution in [3.8, 4) is 5.75 Å². The van der Waals surface area contributed by atoms with Crippen molar-refractivity contribution < 1.29 is 19.8 Å². The van der Waals surface area contributed by atoms with Crippen LogP contribution in [0.4, 0.5) is 0 Å². The van der Waals surface area contributed by atoms with Gasteiger partial charge in [-0.2, -0.15) is 0 Å². The third-order valence-electron chi connectivity index (χ3n) is 5.64. The number of carbonyl (C=O) groups excluding carboxylic acids is 2. The van der Waals surface area contributed by atoms with Crippen LogP contribution >= 0.6 is 0 Å². The minimum Gasteiger partial charge on any atom is -0.508 e. The Morgan fingerprint density at radius 1 is 0.935 bits per heavy atom. The first-order valence-electron chi connectivity index (χ1n) is 10.1. The zero-order valence-corrected chi connectivity index (χ0v) is 17.4. The van der Waals surface area contributed by atoms with Gasteiger partial charge in [-0.15, -0.1) is 0 Å². The highest BCUT2D eigenvalue weighted by Crippen LogP contribution is 2.40. The number of aliphatic hydroxyl groups is 1. The van der Waals surface area contributed by atoms with E-state index in [0.29, 0.717) is 11.1 Å². The number of phenolic OH excluding ortho intramolecular Hbond substituents is 1. The van der Waals surface area contributed by atoms with Crippen LogP contribution in [0.25, 0.3) is 5.76 Å². The standard InChI is InChI=1S/C26H23NO4/c1-16-8-9-17(2)20(14-16)15-27-23(18-10-12-21(28)13-11-18)22(25(30)26(27)31)24(29)19-6-4-3-5-7-19/h3-14,23,28-29H,15H2,1-2H3/b24-22+. The first-order valence-corrected chi connectivity index (χ1v) is 10.1. The monoisotopic (exact) mass is 413 g/mol. The molecule has 3 aromatic carbocycles. The van der Waals surface area contributed by atoms with Gasteiger partial charge in [-0.3, -0.25) is 9.59 Å². The topological polar surface area (TPSA) is 77.8 Å². The molecule has 0 aromatic heterocycles. The molecule has 1 amide bonds. The summed E-state index contributed by atoms with van der Waals surface area (Å²) < 4.78 is 0. The third-order valence-corrected chi connectivity index (χ3v) is 5.64. The van der Waals surface area contributed by atoms with E-state index in [0.717, 1.165) is 16.7 Å². The van der Waals surface area contributed by atoms with Crippen molar-refractivity contribution in [1.29, 1.82) is 0 Å². The van der Waals surface area contributed by atoms with E-state index < -0.39 is 17.7 Å². The Labute approximate surface area is 180 Å². The van der Waals surface area contributed by atoms with Crippen molar-refractivity contribution in [3.05, 3.63) is 106 Å². The van der Waals surface area contributed by atoms with Gasteiger partial charge in [0.25, 0.3) is 11.7 Å². The number of phenols is 1. The molecule has 4 rings (SSSR count). The van der Waals surface area contributed by atoms with E-state index in [-0.39, 0.29) is 23.6 Å². The molecule has 1 unspecified atom stereocenters. The van der Waals surface area contributed by atoms with Gasteiger partial charge in [0.05, 0.1) is 11.6 Å². The second-order valence-electron chi connectivity index (χ2n) is 7.81. The number of carbonyl (C=O) groups is 2. The van der Waals surface area contributed by atoms with Crippen LogP contribution in [0, 0.1) is 13.8 Å². The summed E-state index contributed by atoms with van der Waals surface area (Å²) in [6.07, 6.45) is 0. The summed E-state index contributed by atoms with van der Waals surface area (Å²) in [5, 5.41) is 20.7. The molecule has 2 N–H and O–H groups in total. The van der Waals surface area contributed by atoms with Gasteiger partial charge in [-0.1, -0.05) is 66.2 Å². The molecular formula is C26H23NO4. The number of amides is 1. The summed E-state index contributed by atoms with van der Waals surface area (Å²) in [6.45, 7) is 4.17. The predicted molar refractivity (Wildman–Crippen MR) is 118 cm³/mol. The summed E-state index contributed by atoms with van der Waals surface area (Å²) in [4.78, 5) is 27.6. The summed E-state index contributed by atoms with van der Waals surface area (Å²) in [5.74, 6) is -1.50. The van der Waals surface area contributed by atoms with Crippen LogP contribution < -0.4 is 0 Å². The smallest absolute Gasteiger partial charge is 0.295 e. The lowest BCUT2D eigenvalue weighted by atomic mass is 9.95. The van der Waals surface area contributed by atoms with E-state index in [1.54, 1.807) is 36.4 Å². The fraction of sp³-hybridized carbons (Fsp3) is 0.154. The maximum atomic E-state index is 13.1. The molecular weight excluding hydrogens is 390 g/mol. The van der Waals surface area contributed by atoms with E-state index in [1.165, 1.54) is 17.0 Å². The summed E-state index contributed by atoms with van der Waals surface area (Å²) in [6, 6.07) is 20.3. The van der Waals surface area contributed by atoms with E-state index in [9.17, 15) is 19.8 Å². The molecule has 0 saturated carbocycles. The van der Waals surface area contributed by atoms with Gasteiger partial charge in [0.15, 0.2) is 0 Å². The zero-order chi connectivity index (χ0) is 22.1. The molecule has 1 heterocycles. The molecule has 1 aliphatic heterocycles. The SMILES string of the molecule is Cc1ccc(C)c(CN2C(=O)C(=O)/C(=C(/O)c3ccccc3)C2c2ccc(O)cc2)c1. The second-order valence-corrected chi connectivity index (χ2v) is 7.81. The van der Waals surface area contributed by atoms with Crippen LogP contribution in [0.1, 0.15) is 33.9 Å². The Morgan fingerprint density at radius 3 is 2.29 bits per heavy atom. The molecule has 0 radical (unpaired) electrons. The largest absolute Gasteiger partial charge is 0.508 e. The predicted octanol–water partition coefficient (Wildman–Crippen LogP) is 4.63. The van der Waals surface area contributed by atoms with Crippen molar-refractivity contribution >= 4 is 17.4 Å². The van der Waals surface area contributed by atoms with Gasteiger partial charge in [0.1, 0.15) is 11.5 Å². The normalized spacial score (nSPS) is 17.9. The number of likely N-dealkylation sites (tertiary alicyclic amines) is 1. The van der Waals surface area contributed by atoms with Crippen LogP contribution in [0.3, 0.4) is 0 Å². The molecule has 5 heteroatoms. The lowest BCUT2D eigenvalue weighted by molar-refractivity contribution is -0.140. The molecule has 31 heavy (non-hydrogen) atoms. The van der Waals surface area contributed by atoms with Gasteiger partial charge in [-0.05, 0) is 42.7 Å². The number of ketones is 1. The molecule has 5 nitrogen and oxygen atoms in total. The third kappa shape index (κ3) is 3.82. The first kappa shape index (κ1) is 20.4. The van der Waals surface area contributed by atoms with Crippen molar-refractivity contribution in [2.24, 2.45) is 0 Å². The minimum absolute atomic E-state index is 0.0483. The molecule has 3 aromatic rings. The summed E-state index contributed by atoms with van der Waals surface area (Å²) >= 11 is 0. The minimum atomic E-state index is -0.763. The van der Waals surface area contributed by atoms with Crippen LogP contribution in [0.15, 0.2) is 78.4 Å². The zero-order valence-electron chi connectivity index (χ0n) is 17.4. The van der Waals surface area contributed by atoms with Crippen LogP contribution in [-0.4, -0.2) is 26.8 Å². The molecule has 1 atom stereocenters. The Bertz CT molecular complexity index is 1180. The van der Waals surface area contributed by atoms with Gasteiger partial charge in [0.2, 0.25) is 0 Å². The molecule has 1 saturated heterocycles. The highest BCUT2D eigenvalue weighted by atomic mass is 16.3. The maximum absolute atomic E-state index is 13.1. The van der Waals surface area contributed by atoms with E-state index in [4.69, 9.17) is 0 Å². The van der Waals surface area contributed by atoms with Crippen LogP contribution in [0.2, 0.25) is 0 Å². The van der Waals surface area contributed by atoms with Gasteiger partial charge >= 0.3 is 0 Å². The van der Waals surface area contributed by atoms with E-state index in [2.05, 4.69) is 0 Å². The van der Waals surface area contributed by atoms with Crippen molar-refractivity contribution in [1.82, 2.24) is 4.90 Å². The molecule has 0 spiro atoms. The number of aromatic hydroxyl groups is 1. The number of rotatable bonds is 4. The Balaban J connectivity index is 1.87. The van der Waals surface area contributed by atoms with Crippen LogP contribution in [-0.2, 0) is 16.1 Å². The number of aliphatic hydroxyl groups excluding tert-OH is 1. The Hall–Kier alpha value is -3.86. The second kappa shape index (κ2) is 8.11. The van der Waals surface area contributed by atoms with Gasteiger partial charge in [-0.25, -0.2) is 0 Å². The quantitative estimate of drug-likeness (QED) is 0.371. The number of Topliss-reactive ketones (excluding diaryl/α,β-unsaturated/α-hetero) is 1. The number of hydrogen-bond donors (Lipinski definition) is 2. The highest BCUT2D eigenvalue weighted by Gasteiger charge is 2.46. The first-order chi connectivity index (χ1) is 14.9. The summed E-state index contributed by atoms with van der Waals surface area (Å²) in [7, 11) is 0. The Morgan fingerprint density at radius 2 is 1.61 bits per heavy atom. The number of benzene rings is 3. The van der Waals surface area contributed by atoms with E-state index >= 15 is 0 Å². The summed E-state index contributed by atoms with van der Waals surface area (Å²) in [5.41, 5.74) is 4.16. The van der Waals surface area contributed by atoms with Gasteiger partial charge in [0, 0.05) is 12.1 Å². The van der Waals surface area contributed by atoms with Gasteiger partial charge < -0.3 is 15.1 Å². The van der Waals surface area contributed by atoms with Crippen molar-refractivity contribution in [3.63, 3.8) is 0 Å². The number of hydrogen-bond acceptors (Lipinski definition) is 4. The van der Waals surface area contributed by atoms with Crippen LogP contribution in [0.5, 0.6) is 5.75 Å². The van der Waals surface area contributed by atoms with Crippen molar-refractivity contribution in [2.75, 3.05) is 0 Å². The van der Waals surface area contributed by atoms with E-state index in [1.807, 2.05) is 38.1 Å². The number of aryl methyl sites for hydroxylation is 2. The molecule has 0 aliphatic carbocycles. The highest BCUT2D eigenvalue weighted by molar-refractivity contribution is 6.46. The molecule has 156 valence electrons. The Kier molecular flexibility index (Phi) is 5.34. The molecule has 0 bridgehead atoms. The van der Waals surface area contributed by atoms with Crippen molar-refractivity contribution in [2.45, 2.75) is 26.4 Å². The average molecular weight is 413 g/mol. The lowest BCUT2D eigenvalue weighted by Crippen LogP contribution is -2.29. The molecule has 1 fully saturated rings. The average Bonchev–Trinajstić information content (AvgIpc) is 3.02.